The van der Waals surface area contributed by atoms with Crippen LogP contribution < -0.4 is 24.8 Å². The molecule has 4 aromatic rings. The number of rotatable bonds is 2. The molecule has 0 fully saturated rings. The van der Waals surface area contributed by atoms with Crippen molar-refractivity contribution in [3.63, 3.8) is 0 Å². The van der Waals surface area contributed by atoms with Gasteiger partial charge in [0, 0.05) is 0 Å². The molecule has 0 amide bonds. The Balaban J connectivity index is 0.000000354. The van der Waals surface area contributed by atoms with Crippen molar-refractivity contribution in [2.45, 2.75) is 86.5 Å². The van der Waals surface area contributed by atoms with Crippen LogP contribution in [0.2, 0.25) is 0 Å². The monoisotopic (exact) mass is 676 g/mol. The van der Waals surface area contributed by atoms with Crippen LogP contribution in [0.3, 0.4) is 0 Å². The number of halogens is 2. The van der Waals surface area contributed by atoms with Crippen molar-refractivity contribution < 1.29 is 49.0 Å². The first kappa shape index (κ1) is 38.4. The molecule has 0 aliphatic heterocycles. The summed E-state index contributed by atoms with van der Waals surface area (Å²) in [6, 6.07) is 26.5. The second-order valence-electron chi connectivity index (χ2n) is 14.0. The first-order chi connectivity index (χ1) is 18.6. The molecule has 42 heavy (non-hydrogen) atoms. The molecule has 0 radical (unpaired) electrons. The second kappa shape index (κ2) is 15.9. The van der Waals surface area contributed by atoms with Gasteiger partial charge in [-0.25, -0.2) is 6.08 Å². The molecule has 1 unspecified atom stereocenters. The molecule has 1 aliphatic carbocycles. The Bertz CT molecular complexity index is 1410. The summed E-state index contributed by atoms with van der Waals surface area (Å²) >= 11 is 1.46. The number of fused-ring (bicyclic) bond motifs is 3. The van der Waals surface area contributed by atoms with E-state index < -0.39 is 0 Å². The Kier molecular flexibility index (Phi) is 14.5. The molecule has 1 atom stereocenters. The van der Waals surface area contributed by atoms with Crippen molar-refractivity contribution in [1.29, 1.82) is 0 Å². The quantitative estimate of drug-likeness (QED) is 0.261. The standard InChI is InChI=1S/C21H25.C11H17.C7H6.2ClH.Zr/c1-20(2,3)16-7-9-18-14(12-16)11-15-13-17(21(4,5)6)8-10-19(15)18;1-5-9-6-7-10(8-9)11(2,3)4;1-7-5-3-2-4-6-7;;;/h7-13H,1-6H3;7-9H,5H2,1-4H3;1-6H;2*1H;/q2*-1;;;;+2/p-2. The van der Waals surface area contributed by atoms with Crippen LogP contribution in [0.15, 0.2) is 90.5 Å². The van der Waals surface area contributed by atoms with Gasteiger partial charge in [-0.15, -0.1) is 39.7 Å². The maximum absolute atomic E-state index is 3.35. The summed E-state index contributed by atoms with van der Waals surface area (Å²) < 4.78 is 2.17. The van der Waals surface area contributed by atoms with E-state index in [2.05, 4.69) is 158 Å². The van der Waals surface area contributed by atoms with E-state index in [0.717, 1.165) is 0 Å². The van der Waals surface area contributed by atoms with Crippen LogP contribution in [0, 0.1) is 17.4 Å². The van der Waals surface area contributed by atoms with Crippen LogP contribution in [-0.4, -0.2) is 3.71 Å². The van der Waals surface area contributed by atoms with Crippen LogP contribution in [0.4, 0.5) is 0 Å². The predicted octanol–water partition coefficient (Wildman–Crippen LogP) is 5.06. The van der Waals surface area contributed by atoms with Crippen LogP contribution in [0.25, 0.3) is 21.5 Å². The summed E-state index contributed by atoms with van der Waals surface area (Å²) in [4.78, 5) is 0. The molecule has 1 aliphatic rings. The number of hydrogen-bond donors (Lipinski definition) is 0. The topological polar surface area (TPSA) is 0 Å². The van der Waals surface area contributed by atoms with Gasteiger partial charge in [0.2, 0.25) is 0 Å². The SMILES string of the molecule is CC(C)(C)c1ccc2c(c1)[cH-]c1cc(C(C)(C)C)ccc12.CCC1[C-]=CC(C(C)(C)C)=C1.[Cl-].[Cl-].[Zr+2]=[CH]c1ccccc1. The van der Waals surface area contributed by atoms with Crippen LogP contribution in [0.5, 0.6) is 0 Å². The summed E-state index contributed by atoms with van der Waals surface area (Å²) in [6.07, 6.45) is 9.00. The molecular weight excluding hydrogens is 631 g/mol. The molecule has 4 aromatic carbocycles. The van der Waals surface area contributed by atoms with Gasteiger partial charge in [0.1, 0.15) is 0 Å². The molecule has 0 nitrogen and oxygen atoms in total. The normalized spacial score (nSPS) is 14.6. The Morgan fingerprint density at radius 2 is 1.19 bits per heavy atom. The molecular formula is C39H48Cl2Zr-2. The van der Waals surface area contributed by atoms with Crippen molar-refractivity contribution >= 4 is 25.3 Å². The van der Waals surface area contributed by atoms with E-state index in [0.29, 0.717) is 11.3 Å². The molecule has 224 valence electrons. The fourth-order valence-corrected chi connectivity index (χ4v) is 5.19. The van der Waals surface area contributed by atoms with Gasteiger partial charge < -0.3 is 24.8 Å². The number of benzene rings is 3. The fraction of sp³-hybridized carbons (Fsp3) is 0.385. The Morgan fingerprint density at radius 1 is 0.714 bits per heavy atom. The van der Waals surface area contributed by atoms with Gasteiger partial charge in [0.25, 0.3) is 0 Å². The van der Waals surface area contributed by atoms with E-state index in [9.17, 15) is 0 Å². The van der Waals surface area contributed by atoms with Gasteiger partial charge in [-0.1, -0.05) is 122 Å². The van der Waals surface area contributed by atoms with Gasteiger partial charge in [-0.05, 0) is 10.8 Å². The van der Waals surface area contributed by atoms with Crippen molar-refractivity contribution in [3.8, 4) is 0 Å². The molecule has 0 saturated carbocycles. The first-order valence-corrected chi connectivity index (χ1v) is 16.1. The minimum absolute atomic E-state index is 0. The van der Waals surface area contributed by atoms with E-state index >= 15 is 0 Å². The third-order valence-electron chi connectivity index (χ3n) is 7.54. The van der Waals surface area contributed by atoms with E-state index in [4.69, 9.17) is 0 Å². The summed E-state index contributed by atoms with van der Waals surface area (Å²) in [5, 5.41) is 5.48. The molecule has 0 spiro atoms. The molecule has 3 heteroatoms. The van der Waals surface area contributed by atoms with E-state index in [-0.39, 0.29) is 35.6 Å². The van der Waals surface area contributed by atoms with Gasteiger partial charge in [-0.3, -0.25) is 6.08 Å². The molecule has 0 bridgehead atoms. The molecule has 0 heterocycles. The Morgan fingerprint density at radius 3 is 1.50 bits per heavy atom. The van der Waals surface area contributed by atoms with Crippen LogP contribution >= 0.6 is 0 Å². The third kappa shape index (κ3) is 10.5. The molecule has 0 N–H and O–H groups in total. The molecule has 0 aromatic heterocycles. The van der Waals surface area contributed by atoms with Crippen molar-refractivity contribution in [2.75, 3.05) is 0 Å². The third-order valence-corrected chi connectivity index (χ3v) is 8.36. The van der Waals surface area contributed by atoms with Crippen LogP contribution in [0.1, 0.15) is 92.3 Å². The number of allylic oxidation sites excluding steroid dienone is 4. The predicted molar refractivity (Wildman–Crippen MR) is 175 cm³/mol. The minimum atomic E-state index is 0. The second-order valence-corrected chi connectivity index (χ2v) is 14.7. The zero-order valence-corrected chi connectivity index (χ0v) is 31.2. The average Bonchev–Trinajstić information content (AvgIpc) is 3.53. The summed E-state index contributed by atoms with van der Waals surface area (Å²) in [7, 11) is 0. The zero-order chi connectivity index (χ0) is 29.7. The Hall–Kier alpha value is -1.66. The maximum atomic E-state index is 3.35. The van der Waals surface area contributed by atoms with Crippen LogP contribution in [-0.2, 0) is 35.1 Å². The van der Waals surface area contributed by atoms with Gasteiger partial charge in [0.05, 0.1) is 0 Å². The van der Waals surface area contributed by atoms with E-state index in [1.54, 1.807) is 0 Å². The van der Waals surface area contributed by atoms with Crippen molar-refractivity contribution in [3.05, 3.63) is 113 Å². The molecule has 0 saturated heterocycles. The summed E-state index contributed by atoms with van der Waals surface area (Å²) in [5.41, 5.74) is 6.28. The summed E-state index contributed by atoms with van der Waals surface area (Å²) in [6.45, 7) is 22.6. The molecule has 5 rings (SSSR count). The van der Waals surface area contributed by atoms with Crippen molar-refractivity contribution in [2.24, 2.45) is 11.3 Å². The Labute approximate surface area is 283 Å². The van der Waals surface area contributed by atoms with Gasteiger partial charge in [-0.2, -0.15) is 11.6 Å². The van der Waals surface area contributed by atoms with Gasteiger partial charge >= 0.3 is 63.8 Å². The van der Waals surface area contributed by atoms with Crippen molar-refractivity contribution in [1.82, 2.24) is 0 Å². The zero-order valence-electron chi connectivity index (χ0n) is 27.2. The number of hydrogen-bond acceptors (Lipinski definition) is 0. The fourth-order valence-electron chi connectivity index (χ4n) is 4.72. The van der Waals surface area contributed by atoms with E-state index in [1.807, 2.05) is 6.07 Å². The average molecular weight is 679 g/mol. The first-order valence-electron chi connectivity index (χ1n) is 14.6. The van der Waals surface area contributed by atoms with Gasteiger partial charge in [0.15, 0.2) is 0 Å². The van der Waals surface area contributed by atoms with E-state index in [1.165, 1.54) is 74.5 Å². The summed E-state index contributed by atoms with van der Waals surface area (Å²) in [5.74, 6) is 0.573.